The molecule has 2 fully saturated rings. The van der Waals surface area contributed by atoms with E-state index in [1.165, 1.54) is 5.56 Å². The Morgan fingerprint density at radius 3 is 2.53 bits per heavy atom. The van der Waals surface area contributed by atoms with E-state index in [2.05, 4.69) is 17.4 Å². The van der Waals surface area contributed by atoms with Gasteiger partial charge in [0.1, 0.15) is 0 Å². The van der Waals surface area contributed by atoms with E-state index in [0.29, 0.717) is 12.0 Å². The molecule has 0 bridgehead atoms. The summed E-state index contributed by atoms with van der Waals surface area (Å²) in [5.41, 5.74) is 6.61. The van der Waals surface area contributed by atoms with E-state index in [9.17, 15) is 4.79 Å². The average Bonchev–Trinajstić information content (AvgIpc) is 3.18. The van der Waals surface area contributed by atoms with E-state index in [1.807, 2.05) is 18.2 Å². The van der Waals surface area contributed by atoms with E-state index < -0.39 is 5.54 Å². The molecule has 1 aromatic rings. The normalized spacial score (nSPS) is 27.8. The molecule has 3 nitrogen and oxygen atoms in total. The molecule has 92 valence electrons. The standard InChI is InChI=1S/C13H16N2O.ClH/c14-13(6-7-13)12(16)15-11-8-10(11)9-4-2-1-3-5-9;/h1-5,10-11H,6-8,14H2,(H,15,16);1H. The Hall–Kier alpha value is -1.06. The molecule has 2 aliphatic carbocycles. The fourth-order valence-corrected chi connectivity index (χ4v) is 2.10. The smallest absolute Gasteiger partial charge is 0.240 e. The zero-order valence-corrected chi connectivity index (χ0v) is 10.4. The topological polar surface area (TPSA) is 55.1 Å². The van der Waals surface area contributed by atoms with Gasteiger partial charge < -0.3 is 11.1 Å². The number of carbonyl (C=O) groups excluding carboxylic acids is 1. The molecule has 0 spiro atoms. The van der Waals surface area contributed by atoms with Gasteiger partial charge in [-0.3, -0.25) is 4.79 Å². The highest BCUT2D eigenvalue weighted by Gasteiger charge is 2.49. The van der Waals surface area contributed by atoms with E-state index in [-0.39, 0.29) is 18.3 Å². The van der Waals surface area contributed by atoms with Crippen LogP contribution in [0.2, 0.25) is 0 Å². The summed E-state index contributed by atoms with van der Waals surface area (Å²) in [4.78, 5) is 11.7. The first-order chi connectivity index (χ1) is 7.69. The maximum atomic E-state index is 11.7. The van der Waals surface area contributed by atoms with Crippen LogP contribution in [-0.2, 0) is 4.79 Å². The number of carbonyl (C=O) groups is 1. The van der Waals surface area contributed by atoms with Gasteiger partial charge in [-0.1, -0.05) is 30.3 Å². The molecule has 1 amide bonds. The van der Waals surface area contributed by atoms with Crippen LogP contribution < -0.4 is 11.1 Å². The van der Waals surface area contributed by atoms with E-state index in [1.54, 1.807) is 0 Å². The Labute approximate surface area is 107 Å². The second-order valence-corrected chi connectivity index (χ2v) is 4.99. The minimum absolute atomic E-state index is 0. The second kappa shape index (κ2) is 4.31. The van der Waals surface area contributed by atoms with Crippen LogP contribution in [0, 0.1) is 0 Å². The van der Waals surface area contributed by atoms with Gasteiger partial charge in [0.2, 0.25) is 5.91 Å². The minimum Gasteiger partial charge on any atom is -0.351 e. The number of rotatable bonds is 3. The predicted molar refractivity (Wildman–Crippen MR) is 69.1 cm³/mol. The third-order valence-electron chi connectivity index (χ3n) is 3.58. The lowest BCUT2D eigenvalue weighted by Crippen LogP contribution is -2.43. The lowest BCUT2D eigenvalue weighted by atomic mass is 10.1. The van der Waals surface area contributed by atoms with Crippen molar-refractivity contribution in [2.24, 2.45) is 5.73 Å². The summed E-state index contributed by atoms with van der Waals surface area (Å²) in [5.74, 6) is 0.531. The largest absolute Gasteiger partial charge is 0.351 e. The van der Waals surface area contributed by atoms with Crippen molar-refractivity contribution in [3.05, 3.63) is 35.9 Å². The third kappa shape index (κ3) is 2.45. The highest BCUT2D eigenvalue weighted by molar-refractivity contribution is 5.89. The first kappa shape index (κ1) is 12.4. The van der Waals surface area contributed by atoms with Gasteiger partial charge in [-0.25, -0.2) is 0 Å². The number of nitrogens with one attached hydrogen (secondary N) is 1. The number of hydrogen-bond donors (Lipinski definition) is 2. The van der Waals surface area contributed by atoms with Gasteiger partial charge in [0.05, 0.1) is 5.54 Å². The quantitative estimate of drug-likeness (QED) is 0.858. The van der Waals surface area contributed by atoms with Crippen molar-refractivity contribution >= 4 is 18.3 Å². The van der Waals surface area contributed by atoms with Crippen molar-refractivity contribution in [2.75, 3.05) is 0 Å². The summed E-state index contributed by atoms with van der Waals surface area (Å²) in [5, 5.41) is 3.04. The zero-order chi connectivity index (χ0) is 11.2. The van der Waals surface area contributed by atoms with Gasteiger partial charge >= 0.3 is 0 Å². The Bertz CT molecular complexity index is 417. The van der Waals surface area contributed by atoms with Gasteiger partial charge in [0.15, 0.2) is 0 Å². The average molecular weight is 253 g/mol. The molecular formula is C13H17ClN2O. The molecule has 2 aliphatic rings. The number of amides is 1. The molecule has 3 N–H and O–H groups in total. The number of benzene rings is 1. The van der Waals surface area contributed by atoms with E-state index >= 15 is 0 Å². The Morgan fingerprint density at radius 1 is 1.29 bits per heavy atom. The fraction of sp³-hybridized carbons (Fsp3) is 0.462. The predicted octanol–water partition coefficient (Wildman–Crippen LogP) is 1.57. The number of halogens is 1. The fourth-order valence-electron chi connectivity index (χ4n) is 2.10. The maximum Gasteiger partial charge on any atom is 0.240 e. The minimum atomic E-state index is -0.538. The highest BCUT2D eigenvalue weighted by atomic mass is 35.5. The SMILES string of the molecule is Cl.NC1(C(=O)NC2CC2c2ccccc2)CC1. The van der Waals surface area contributed by atoms with E-state index in [4.69, 9.17) is 5.73 Å². The van der Waals surface area contributed by atoms with Crippen LogP contribution >= 0.6 is 12.4 Å². The Morgan fingerprint density at radius 2 is 1.94 bits per heavy atom. The van der Waals surface area contributed by atoms with Crippen molar-refractivity contribution in [2.45, 2.75) is 36.8 Å². The molecular weight excluding hydrogens is 236 g/mol. The van der Waals surface area contributed by atoms with Crippen molar-refractivity contribution in [1.29, 1.82) is 0 Å². The first-order valence-electron chi connectivity index (χ1n) is 5.84. The first-order valence-corrected chi connectivity index (χ1v) is 5.84. The van der Waals surface area contributed by atoms with Crippen LogP contribution in [0.15, 0.2) is 30.3 Å². The van der Waals surface area contributed by atoms with Crippen molar-refractivity contribution in [3.63, 3.8) is 0 Å². The molecule has 0 heterocycles. The molecule has 0 saturated heterocycles. The zero-order valence-electron chi connectivity index (χ0n) is 9.56. The van der Waals surface area contributed by atoms with Gasteiger partial charge in [-0.2, -0.15) is 0 Å². The molecule has 0 aliphatic heterocycles. The molecule has 2 atom stereocenters. The summed E-state index contributed by atoms with van der Waals surface area (Å²) in [6.07, 6.45) is 2.72. The lowest BCUT2D eigenvalue weighted by molar-refractivity contribution is -0.123. The summed E-state index contributed by atoms with van der Waals surface area (Å²) in [7, 11) is 0. The van der Waals surface area contributed by atoms with Crippen molar-refractivity contribution in [3.8, 4) is 0 Å². The van der Waals surface area contributed by atoms with Crippen LogP contribution in [0.3, 0.4) is 0 Å². The third-order valence-corrected chi connectivity index (χ3v) is 3.58. The summed E-state index contributed by atoms with van der Waals surface area (Å²) >= 11 is 0. The lowest BCUT2D eigenvalue weighted by Gasteiger charge is -2.09. The number of hydrogen-bond acceptors (Lipinski definition) is 2. The molecule has 0 radical (unpaired) electrons. The van der Waals surface area contributed by atoms with Gasteiger partial charge in [-0.05, 0) is 24.8 Å². The van der Waals surface area contributed by atoms with Gasteiger partial charge in [0, 0.05) is 12.0 Å². The monoisotopic (exact) mass is 252 g/mol. The van der Waals surface area contributed by atoms with Crippen molar-refractivity contribution < 1.29 is 4.79 Å². The Balaban J connectivity index is 0.00000108. The Kier molecular flexibility index (Phi) is 3.15. The van der Waals surface area contributed by atoms with Gasteiger partial charge in [-0.15, -0.1) is 12.4 Å². The molecule has 0 aromatic heterocycles. The molecule has 3 rings (SSSR count). The van der Waals surface area contributed by atoms with Crippen LogP contribution in [0.25, 0.3) is 0 Å². The van der Waals surface area contributed by atoms with E-state index in [0.717, 1.165) is 19.3 Å². The molecule has 17 heavy (non-hydrogen) atoms. The van der Waals surface area contributed by atoms with Crippen LogP contribution in [0.1, 0.15) is 30.7 Å². The molecule has 2 unspecified atom stereocenters. The van der Waals surface area contributed by atoms with Gasteiger partial charge in [0.25, 0.3) is 0 Å². The summed E-state index contributed by atoms with van der Waals surface area (Å²) < 4.78 is 0. The van der Waals surface area contributed by atoms with Crippen molar-refractivity contribution in [1.82, 2.24) is 5.32 Å². The highest BCUT2D eigenvalue weighted by Crippen LogP contribution is 2.42. The summed E-state index contributed by atoms with van der Waals surface area (Å²) in [6, 6.07) is 10.6. The molecule has 1 aromatic carbocycles. The number of nitrogens with two attached hydrogens (primary N) is 1. The molecule has 2 saturated carbocycles. The second-order valence-electron chi connectivity index (χ2n) is 4.99. The maximum absolute atomic E-state index is 11.7. The van der Waals surface area contributed by atoms with Crippen LogP contribution in [0.5, 0.6) is 0 Å². The van der Waals surface area contributed by atoms with Crippen LogP contribution in [-0.4, -0.2) is 17.5 Å². The van der Waals surface area contributed by atoms with Crippen LogP contribution in [0.4, 0.5) is 0 Å². The molecule has 4 heteroatoms. The summed E-state index contributed by atoms with van der Waals surface area (Å²) in [6.45, 7) is 0.